The van der Waals surface area contributed by atoms with E-state index in [0.29, 0.717) is 0 Å². The van der Waals surface area contributed by atoms with Crippen molar-refractivity contribution in [1.29, 1.82) is 0 Å². The summed E-state index contributed by atoms with van der Waals surface area (Å²) in [5.41, 5.74) is 0. The van der Waals surface area contributed by atoms with Gasteiger partial charge in [-0.2, -0.15) is 0 Å². The summed E-state index contributed by atoms with van der Waals surface area (Å²) in [4.78, 5) is 0. The van der Waals surface area contributed by atoms with Crippen LogP contribution in [0, 0.1) is 11.8 Å². The second-order valence-electron chi connectivity index (χ2n) is 3.73. The van der Waals surface area contributed by atoms with Crippen molar-refractivity contribution in [2.24, 2.45) is 11.8 Å². The first-order chi connectivity index (χ1) is 4.54. The summed E-state index contributed by atoms with van der Waals surface area (Å²) in [5, 5.41) is 0. The third-order valence-corrected chi connectivity index (χ3v) is 0.943. The van der Waals surface area contributed by atoms with Crippen LogP contribution in [0.5, 0.6) is 0 Å². The van der Waals surface area contributed by atoms with E-state index < -0.39 is 0 Å². The van der Waals surface area contributed by atoms with Crippen molar-refractivity contribution in [3.05, 3.63) is 0 Å². The lowest BCUT2D eigenvalue weighted by Gasteiger charge is -2.05. The molecule has 0 fully saturated rings. The SMILES string of the molecule is CC(C)CC(C)C.CCC. The van der Waals surface area contributed by atoms with Gasteiger partial charge in [0.15, 0.2) is 0 Å². The zero-order valence-electron chi connectivity index (χ0n) is 8.57. The molecular weight excluding hydrogens is 120 g/mol. The quantitative estimate of drug-likeness (QED) is 0.547. The van der Waals surface area contributed by atoms with Crippen LogP contribution in [0.25, 0.3) is 0 Å². The van der Waals surface area contributed by atoms with Gasteiger partial charge in [0.05, 0.1) is 0 Å². The van der Waals surface area contributed by atoms with Gasteiger partial charge in [0, 0.05) is 0 Å². The molecule has 0 atom stereocenters. The Balaban J connectivity index is 0. The van der Waals surface area contributed by atoms with Gasteiger partial charge in [-0.15, -0.1) is 0 Å². The summed E-state index contributed by atoms with van der Waals surface area (Å²) >= 11 is 0. The minimum absolute atomic E-state index is 0.875. The molecule has 0 aliphatic rings. The molecule has 64 valence electrons. The zero-order chi connectivity index (χ0) is 8.57. The Morgan fingerprint density at radius 3 is 1.00 bits per heavy atom. The average Bonchev–Trinajstić information content (AvgIpc) is 1.62. The van der Waals surface area contributed by atoms with Crippen molar-refractivity contribution in [2.45, 2.75) is 54.4 Å². The van der Waals surface area contributed by atoms with E-state index in [1.807, 2.05) is 0 Å². The van der Waals surface area contributed by atoms with Crippen LogP contribution < -0.4 is 0 Å². The first-order valence-corrected chi connectivity index (χ1v) is 4.54. The summed E-state index contributed by atoms with van der Waals surface area (Å²) in [6.07, 6.45) is 2.61. The van der Waals surface area contributed by atoms with Crippen molar-refractivity contribution in [1.82, 2.24) is 0 Å². The molecule has 0 spiro atoms. The largest absolute Gasteiger partial charge is 0.0656 e. The second-order valence-corrected chi connectivity index (χ2v) is 3.73. The van der Waals surface area contributed by atoms with Crippen molar-refractivity contribution in [3.63, 3.8) is 0 Å². The van der Waals surface area contributed by atoms with Gasteiger partial charge in [-0.25, -0.2) is 0 Å². The highest BCUT2D eigenvalue weighted by Gasteiger charge is 1.95. The Morgan fingerprint density at radius 1 is 0.800 bits per heavy atom. The molecule has 0 saturated heterocycles. The minimum atomic E-state index is 0.875. The minimum Gasteiger partial charge on any atom is -0.0656 e. The Labute approximate surface area is 67.0 Å². The van der Waals surface area contributed by atoms with E-state index in [4.69, 9.17) is 0 Å². The molecule has 0 heteroatoms. The highest BCUT2D eigenvalue weighted by molar-refractivity contribution is 4.47. The maximum atomic E-state index is 2.26. The van der Waals surface area contributed by atoms with Gasteiger partial charge in [-0.05, 0) is 18.3 Å². The van der Waals surface area contributed by atoms with E-state index in [9.17, 15) is 0 Å². The van der Waals surface area contributed by atoms with Gasteiger partial charge in [0.2, 0.25) is 0 Å². The van der Waals surface area contributed by atoms with Crippen LogP contribution in [-0.2, 0) is 0 Å². The molecule has 0 aromatic heterocycles. The molecule has 0 heterocycles. The Hall–Kier alpha value is 0. The maximum Gasteiger partial charge on any atom is -0.0469 e. The van der Waals surface area contributed by atoms with Crippen LogP contribution in [0.15, 0.2) is 0 Å². The average molecular weight is 144 g/mol. The fraction of sp³-hybridized carbons (Fsp3) is 1.00. The Kier molecular flexibility index (Phi) is 11.4. The van der Waals surface area contributed by atoms with Crippen LogP contribution in [-0.4, -0.2) is 0 Å². The summed E-state index contributed by atoms with van der Waals surface area (Å²) in [5.74, 6) is 1.75. The topological polar surface area (TPSA) is 0 Å². The van der Waals surface area contributed by atoms with E-state index in [1.54, 1.807) is 0 Å². The van der Waals surface area contributed by atoms with Crippen molar-refractivity contribution >= 4 is 0 Å². The van der Waals surface area contributed by atoms with Crippen molar-refractivity contribution in [2.75, 3.05) is 0 Å². The molecule has 0 nitrogen and oxygen atoms in total. The molecule has 0 rings (SSSR count). The fourth-order valence-corrected chi connectivity index (χ4v) is 0.943. The van der Waals surface area contributed by atoms with E-state index >= 15 is 0 Å². The summed E-state index contributed by atoms with van der Waals surface area (Å²) in [6.45, 7) is 13.3. The first-order valence-electron chi connectivity index (χ1n) is 4.54. The predicted molar refractivity (Wildman–Crippen MR) is 50.3 cm³/mol. The predicted octanol–water partition coefficient (Wildman–Crippen LogP) is 4.10. The van der Waals surface area contributed by atoms with Gasteiger partial charge in [-0.3, -0.25) is 0 Å². The highest BCUT2D eigenvalue weighted by atomic mass is 14.0. The standard InChI is InChI=1S/C7H16.C3H8/c1-6(2)5-7(3)4;1-3-2/h6-7H,5H2,1-4H3;3H2,1-2H3. The molecule has 0 aliphatic carbocycles. The van der Waals surface area contributed by atoms with E-state index in [-0.39, 0.29) is 0 Å². The summed E-state index contributed by atoms with van der Waals surface area (Å²) in [6, 6.07) is 0. The third-order valence-electron chi connectivity index (χ3n) is 0.943. The molecule has 0 N–H and O–H groups in total. The van der Waals surface area contributed by atoms with Gasteiger partial charge in [-0.1, -0.05) is 48.0 Å². The van der Waals surface area contributed by atoms with E-state index in [0.717, 1.165) is 11.8 Å². The Bertz CT molecular complexity index is 38.0. The molecule has 0 bridgehead atoms. The zero-order valence-corrected chi connectivity index (χ0v) is 8.57. The molecule has 0 aliphatic heterocycles. The molecule has 10 heavy (non-hydrogen) atoms. The monoisotopic (exact) mass is 144 g/mol. The van der Waals surface area contributed by atoms with E-state index in [1.165, 1.54) is 12.8 Å². The van der Waals surface area contributed by atoms with Crippen LogP contribution in [0.1, 0.15) is 54.4 Å². The molecule has 0 amide bonds. The summed E-state index contributed by atoms with van der Waals surface area (Å²) in [7, 11) is 0. The lowest BCUT2D eigenvalue weighted by molar-refractivity contribution is 0.469. The molecule has 0 saturated carbocycles. The lowest BCUT2D eigenvalue weighted by Crippen LogP contribution is -1.93. The van der Waals surface area contributed by atoms with Crippen molar-refractivity contribution < 1.29 is 0 Å². The molecule has 0 aromatic rings. The number of hydrogen-bond acceptors (Lipinski definition) is 0. The first kappa shape index (κ1) is 12.7. The van der Waals surface area contributed by atoms with Crippen LogP contribution in [0.3, 0.4) is 0 Å². The Morgan fingerprint density at radius 2 is 1.00 bits per heavy atom. The summed E-state index contributed by atoms with van der Waals surface area (Å²) < 4.78 is 0. The highest BCUT2D eigenvalue weighted by Crippen LogP contribution is 2.08. The van der Waals surface area contributed by atoms with Gasteiger partial charge in [0.1, 0.15) is 0 Å². The van der Waals surface area contributed by atoms with E-state index in [2.05, 4.69) is 41.5 Å². The van der Waals surface area contributed by atoms with Gasteiger partial charge >= 0.3 is 0 Å². The smallest absolute Gasteiger partial charge is 0.0469 e. The molecule has 0 unspecified atom stereocenters. The number of rotatable bonds is 2. The van der Waals surface area contributed by atoms with Crippen LogP contribution in [0.4, 0.5) is 0 Å². The lowest BCUT2D eigenvalue weighted by atomic mass is 10.0. The third kappa shape index (κ3) is 24.5. The molecular formula is C10H24. The molecule has 0 aromatic carbocycles. The van der Waals surface area contributed by atoms with Gasteiger partial charge in [0.25, 0.3) is 0 Å². The molecule has 0 radical (unpaired) electrons. The van der Waals surface area contributed by atoms with Crippen LogP contribution >= 0.6 is 0 Å². The van der Waals surface area contributed by atoms with Crippen LogP contribution in [0.2, 0.25) is 0 Å². The normalized spacial score (nSPS) is 9.60. The second kappa shape index (κ2) is 9.00. The van der Waals surface area contributed by atoms with Crippen molar-refractivity contribution in [3.8, 4) is 0 Å². The van der Waals surface area contributed by atoms with Gasteiger partial charge < -0.3 is 0 Å². The maximum absolute atomic E-state index is 2.26. The fourth-order valence-electron chi connectivity index (χ4n) is 0.943. The number of hydrogen-bond donors (Lipinski definition) is 0.